The molecular weight excluding hydrogens is 354 g/mol. The van der Waals surface area contributed by atoms with Crippen molar-refractivity contribution in [2.75, 3.05) is 6.61 Å². The lowest BCUT2D eigenvalue weighted by atomic mass is 9.91. The summed E-state index contributed by atoms with van der Waals surface area (Å²) in [5.74, 6) is 0. The van der Waals surface area contributed by atoms with Gasteiger partial charge in [-0.25, -0.2) is 0 Å². The van der Waals surface area contributed by atoms with Crippen molar-refractivity contribution in [1.82, 2.24) is 4.98 Å². The van der Waals surface area contributed by atoms with Crippen LogP contribution in [0.15, 0.2) is 73.1 Å². The van der Waals surface area contributed by atoms with Crippen molar-refractivity contribution < 1.29 is 20.1 Å². The first-order valence-corrected chi connectivity index (χ1v) is 9.39. The molecular formula is C23H23NO4. The molecule has 4 rings (SSSR count). The number of ether oxygens (including phenoxy) is 1. The van der Waals surface area contributed by atoms with Crippen molar-refractivity contribution in [2.24, 2.45) is 0 Å². The Kier molecular flexibility index (Phi) is 5.50. The van der Waals surface area contributed by atoms with Gasteiger partial charge < -0.3 is 20.1 Å². The van der Waals surface area contributed by atoms with Crippen LogP contribution in [0.25, 0.3) is 22.3 Å². The van der Waals surface area contributed by atoms with Crippen molar-refractivity contribution in [3.63, 3.8) is 0 Å². The molecule has 1 aliphatic heterocycles. The number of rotatable bonds is 4. The van der Waals surface area contributed by atoms with Gasteiger partial charge in [-0.15, -0.1) is 0 Å². The van der Waals surface area contributed by atoms with E-state index < -0.39 is 24.4 Å². The van der Waals surface area contributed by atoms with Crippen LogP contribution >= 0.6 is 0 Å². The SMILES string of the molecule is OCC1CC(O)C(O)[C@@H](c2cccc(-c3ccc(-c4cccnc4)cc3)c2)O1. The average molecular weight is 377 g/mol. The Balaban J connectivity index is 1.60. The van der Waals surface area contributed by atoms with Crippen molar-refractivity contribution in [3.05, 3.63) is 78.6 Å². The summed E-state index contributed by atoms with van der Waals surface area (Å²) in [5.41, 5.74) is 4.96. The zero-order valence-corrected chi connectivity index (χ0v) is 15.3. The Morgan fingerprint density at radius 3 is 2.29 bits per heavy atom. The summed E-state index contributed by atoms with van der Waals surface area (Å²) in [7, 11) is 0. The van der Waals surface area contributed by atoms with Gasteiger partial charge in [-0.1, -0.05) is 48.5 Å². The van der Waals surface area contributed by atoms with E-state index in [4.69, 9.17) is 4.74 Å². The van der Waals surface area contributed by atoms with Crippen LogP contribution in [0.2, 0.25) is 0 Å². The zero-order valence-electron chi connectivity index (χ0n) is 15.3. The topological polar surface area (TPSA) is 82.8 Å². The molecule has 0 aliphatic carbocycles. The average Bonchev–Trinajstić information content (AvgIpc) is 2.76. The summed E-state index contributed by atoms with van der Waals surface area (Å²) in [6, 6.07) is 19.9. The predicted octanol–water partition coefficient (Wildman–Crippen LogP) is 2.96. The molecule has 1 aliphatic rings. The van der Waals surface area contributed by atoms with Crippen LogP contribution in [0, 0.1) is 0 Å². The maximum atomic E-state index is 10.4. The maximum Gasteiger partial charge on any atom is 0.111 e. The van der Waals surface area contributed by atoms with Crippen molar-refractivity contribution in [1.29, 1.82) is 0 Å². The molecule has 0 radical (unpaired) electrons. The zero-order chi connectivity index (χ0) is 19.5. The number of hydrogen-bond acceptors (Lipinski definition) is 5. The van der Waals surface area contributed by atoms with Crippen LogP contribution in [0.1, 0.15) is 18.1 Å². The molecule has 1 aromatic heterocycles. The third kappa shape index (κ3) is 3.84. The molecule has 3 unspecified atom stereocenters. The Labute approximate surface area is 163 Å². The number of pyridine rings is 1. The molecule has 3 N–H and O–H groups in total. The largest absolute Gasteiger partial charge is 0.394 e. The van der Waals surface area contributed by atoms with Crippen LogP contribution in [0.4, 0.5) is 0 Å². The summed E-state index contributed by atoms with van der Waals surface area (Å²) in [6.07, 6.45) is 0.721. The number of aromatic nitrogens is 1. The lowest BCUT2D eigenvalue weighted by Crippen LogP contribution is -2.44. The number of aliphatic hydroxyl groups is 3. The van der Waals surface area contributed by atoms with Crippen LogP contribution in [0.5, 0.6) is 0 Å². The Bertz CT molecular complexity index is 913. The van der Waals surface area contributed by atoms with E-state index in [9.17, 15) is 15.3 Å². The van der Waals surface area contributed by atoms with E-state index in [1.54, 1.807) is 6.20 Å². The van der Waals surface area contributed by atoms with E-state index in [2.05, 4.69) is 17.1 Å². The van der Waals surface area contributed by atoms with Gasteiger partial charge in [0.2, 0.25) is 0 Å². The second kappa shape index (κ2) is 8.20. The summed E-state index contributed by atoms with van der Waals surface area (Å²) >= 11 is 0. The standard InChI is InChI=1S/C23H23NO4/c25-14-20-12-21(26)22(27)23(28-20)18-4-1-3-17(11-18)15-6-8-16(9-7-15)19-5-2-10-24-13-19/h1-11,13,20-23,25-27H,12,14H2/t20?,21?,22?,23-/m1/s1. The van der Waals surface area contributed by atoms with E-state index in [-0.39, 0.29) is 13.0 Å². The minimum absolute atomic E-state index is 0.185. The van der Waals surface area contributed by atoms with E-state index >= 15 is 0 Å². The predicted molar refractivity (Wildman–Crippen MR) is 106 cm³/mol. The first kappa shape index (κ1) is 18.8. The van der Waals surface area contributed by atoms with Gasteiger partial charge in [0.15, 0.2) is 0 Å². The summed E-state index contributed by atoms with van der Waals surface area (Å²) in [5, 5.41) is 29.8. The van der Waals surface area contributed by atoms with Crippen LogP contribution in [-0.2, 0) is 4.74 Å². The van der Waals surface area contributed by atoms with Gasteiger partial charge in [0, 0.05) is 18.8 Å². The number of benzene rings is 2. The van der Waals surface area contributed by atoms with Gasteiger partial charge in [0.05, 0.1) is 18.8 Å². The highest BCUT2D eigenvalue weighted by molar-refractivity contribution is 5.70. The molecule has 144 valence electrons. The molecule has 5 nitrogen and oxygen atoms in total. The third-order valence-corrected chi connectivity index (χ3v) is 5.18. The molecule has 0 spiro atoms. The van der Waals surface area contributed by atoms with E-state index in [1.165, 1.54) is 0 Å². The smallest absolute Gasteiger partial charge is 0.111 e. The molecule has 1 saturated heterocycles. The number of hydrogen-bond donors (Lipinski definition) is 3. The summed E-state index contributed by atoms with van der Waals surface area (Å²) < 4.78 is 5.81. The van der Waals surface area contributed by atoms with Gasteiger partial charge in [-0.2, -0.15) is 0 Å². The van der Waals surface area contributed by atoms with Crippen LogP contribution in [0.3, 0.4) is 0 Å². The number of nitrogens with zero attached hydrogens (tertiary/aromatic N) is 1. The van der Waals surface area contributed by atoms with E-state index in [0.29, 0.717) is 0 Å². The lowest BCUT2D eigenvalue weighted by Gasteiger charge is -2.37. The minimum Gasteiger partial charge on any atom is -0.394 e. The highest BCUT2D eigenvalue weighted by atomic mass is 16.5. The van der Waals surface area contributed by atoms with Crippen molar-refractivity contribution in [3.8, 4) is 22.3 Å². The van der Waals surface area contributed by atoms with Gasteiger partial charge in [-0.3, -0.25) is 4.98 Å². The molecule has 0 amide bonds. The normalized spacial score (nSPS) is 24.8. The summed E-state index contributed by atoms with van der Waals surface area (Å²) in [4.78, 5) is 4.16. The first-order chi connectivity index (χ1) is 13.7. The van der Waals surface area contributed by atoms with Crippen LogP contribution in [-0.4, -0.2) is 45.2 Å². The van der Waals surface area contributed by atoms with Crippen molar-refractivity contribution >= 4 is 0 Å². The molecule has 2 heterocycles. The van der Waals surface area contributed by atoms with E-state index in [0.717, 1.165) is 27.8 Å². The fourth-order valence-corrected chi connectivity index (χ4v) is 3.63. The van der Waals surface area contributed by atoms with Gasteiger partial charge in [0.1, 0.15) is 12.2 Å². The highest BCUT2D eigenvalue weighted by Crippen LogP contribution is 2.34. The monoisotopic (exact) mass is 377 g/mol. The Hall–Kier alpha value is -2.57. The molecule has 3 aromatic rings. The fraction of sp³-hybridized carbons (Fsp3) is 0.261. The second-order valence-electron chi connectivity index (χ2n) is 7.10. The highest BCUT2D eigenvalue weighted by Gasteiger charge is 2.37. The fourth-order valence-electron chi connectivity index (χ4n) is 3.63. The Morgan fingerprint density at radius 1 is 0.893 bits per heavy atom. The van der Waals surface area contributed by atoms with Gasteiger partial charge in [0.25, 0.3) is 0 Å². The molecule has 0 saturated carbocycles. The quantitative estimate of drug-likeness (QED) is 0.651. The minimum atomic E-state index is -1.02. The third-order valence-electron chi connectivity index (χ3n) is 5.18. The number of aliphatic hydroxyl groups excluding tert-OH is 3. The molecule has 5 heteroatoms. The molecule has 4 atom stereocenters. The lowest BCUT2D eigenvalue weighted by molar-refractivity contribution is -0.179. The van der Waals surface area contributed by atoms with Crippen LogP contribution < -0.4 is 0 Å². The molecule has 0 bridgehead atoms. The first-order valence-electron chi connectivity index (χ1n) is 9.39. The summed E-state index contributed by atoms with van der Waals surface area (Å²) in [6.45, 7) is -0.185. The molecule has 28 heavy (non-hydrogen) atoms. The maximum absolute atomic E-state index is 10.4. The Morgan fingerprint density at radius 2 is 1.61 bits per heavy atom. The van der Waals surface area contributed by atoms with Gasteiger partial charge in [-0.05, 0) is 39.9 Å². The molecule has 1 fully saturated rings. The van der Waals surface area contributed by atoms with Gasteiger partial charge >= 0.3 is 0 Å². The second-order valence-corrected chi connectivity index (χ2v) is 7.10. The van der Waals surface area contributed by atoms with Crippen molar-refractivity contribution in [2.45, 2.75) is 30.8 Å². The van der Waals surface area contributed by atoms with E-state index in [1.807, 2.05) is 54.7 Å². The molecule has 2 aromatic carbocycles.